The van der Waals surface area contributed by atoms with E-state index in [1.165, 1.54) is 7.11 Å². The molecule has 0 bridgehead atoms. The molecule has 160 valence electrons. The first kappa shape index (κ1) is 23.1. The van der Waals surface area contributed by atoms with Gasteiger partial charge in [0.2, 0.25) is 0 Å². The van der Waals surface area contributed by atoms with Crippen LogP contribution in [0.1, 0.15) is 31.4 Å². The molecule has 1 aliphatic rings. The third-order valence-electron chi connectivity index (χ3n) is 4.88. The van der Waals surface area contributed by atoms with Crippen molar-refractivity contribution in [3.63, 3.8) is 0 Å². The zero-order valence-electron chi connectivity index (χ0n) is 17.2. The van der Waals surface area contributed by atoms with Crippen molar-refractivity contribution in [1.82, 2.24) is 5.32 Å². The number of aryl methyl sites for hydroxylation is 2. The highest BCUT2D eigenvalue weighted by Gasteiger charge is 2.46. The van der Waals surface area contributed by atoms with Crippen molar-refractivity contribution >= 4 is 19.7 Å². The van der Waals surface area contributed by atoms with Gasteiger partial charge in [0.25, 0.3) is 0 Å². The van der Waals surface area contributed by atoms with Crippen LogP contribution in [0, 0.1) is 13.8 Å². The molecule has 0 aliphatic carbocycles. The summed E-state index contributed by atoms with van der Waals surface area (Å²) < 4.78 is 61.8. The highest BCUT2D eigenvalue weighted by atomic mass is 32.2. The van der Waals surface area contributed by atoms with Gasteiger partial charge in [-0.1, -0.05) is 0 Å². The summed E-state index contributed by atoms with van der Waals surface area (Å²) in [5, 5.41) is 2.13. The summed E-state index contributed by atoms with van der Waals surface area (Å²) in [5.41, 5.74) is 1.25. The van der Waals surface area contributed by atoms with Crippen LogP contribution in [0.15, 0.2) is 17.0 Å². The molecule has 1 saturated heterocycles. The van der Waals surface area contributed by atoms with Crippen LogP contribution in [0.3, 0.4) is 0 Å². The second kappa shape index (κ2) is 9.11. The third-order valence-corrected chi connectivity index (χ3v) is 9.17. The Morgan fingerprint density at radius 1 is 1.18 bits per heavy atom. The zero-order valence-corrected chi connectivity index (χ0v) is 18.8. The molecule has 7 nitrogen and oxygen atoms in total. The quantitative estimate of drug-likeness (QED) is 0.591. The Bertz CT molecular complexity index is 893. The summed E-state index contributed by atoms with van der Waals surface area (Å²) in [4.78, 5) is 0.169. The van der Waals surface area contributed by atoms with Gasteiger partial charge in [-0.05, 0) is 63.9 Å². The lowest BCUT2D eigenvalue weighted by molar-refractivity contribution is 0.0768. The molecule has 2 rings (SSSR count). The lowest BCUT2D eigenvalue weighted by Gasteiger charge is -2.22. The molecule has 0 unspecified atom stereocenters. The Kier molecular flexibility index (Phi) is 7.52. The molecule has 1 N–H and O–H groups in total. The lowest BCUT2D eigenvalue weighted by atomic mass is 10.1. The van der Waals surface area contributed by atoms with E-state index in [0.29, 0.717) is 36.4 Å². The molecule has 9 heteroatoms. The molecule has 0 amide bonds. The SMILES string of the molecule is COc1cc(C)c(S(=O)(=O)[C@H]2CS(=O)(=O)C[C@@H]2NCCCOC(C)C)cc1C. The fourth-order valence-corrected chi connectivity index (χ4v) is 8.47. The Labute approximate surface area is 168 Å². The number of benzene rings is 1. The van der Waals surface area contributed by atoms with Gasteiger partial charge >= 0.3 is 0 Å². The van der Waals surface area contributed by atoms with Crippen LogP contribution in [0.2, 0.25) is 0 Å². The van der Waals surface area contributed by atoms with Gasteiger partial charge in [0.15, 0.2) is 19.7 Å². The summed E-state index contributed by atoms with van der Waals surface area (Å²) in [6, 6.07) is 2.62. The average Bonchev–Trinajstić information content (AvgIpc) is 2.91. The Hall–Kier alpha value is -1.16. The normalized spacial score (nSPS) is 21.9. The number of methoxy groups -OCH3 is 1. The van der Waals surface area contributed by atoms with E-state index in [4.69, 9.17) is 9.47 Å². The molecule has 1 fully saturated rings. The molecule has 1 heterocycles. The maximum atomic E-state index is 13.3. The summed E-state index contributed by atoms with van der Waals surface area (Å²) in [6.45, 7) is 8.40. The molecule has 0 saturated carbocycles. The van der Waals surface area contributed by atoms with Gasteiger partial charge < -0.3 is 14.8 Å². The van der Waals surface area contributed by atoms with Gasteiger partial charge in [0.1, 0.15) is 5.75 Å². The van der Waals surface area contributed by atoms with Gasteiger partial charge in [-0.2, -0.15) is 0 Å². The smallest absolute Gasteiger partial charge is 0.184 e. The molecular formula is C19H31NO6S2. The lowest BCUT2D eigenvalue weighted by Crippen LogP contribution is -2.44. The predicted octanol–water partition coefficient (Wildman–Crippen LogP) is 1.66. The number of ether oxygens (including phenoxy) is 2. The molecular weight excluding hydrogens is 402 g/mol. The number of hydrogen-bond donors (Lipinski definition) is 1. The zero-order chi connectivity index (χ0) is 21.1. The van der Waals surface area contributed by atoms with E-state index in [1.807, 2.05) is 13.8 Å². The maximum absolute atomic E-state index is 13.3. The van der Waals surface area contributed by atoms with Crippen molar-refractivity contribution in [3.8, 4) is 5.75 Å². The van der Waals surface area contributed by atoms with Crippen LogP contribution >= 0.6 is 0 Å². The minimum Gasteiger partial charge on any atom is -0.496 e. The van der Waals surface area contributed by atoms with Gasteiger partial charge in [-0.15, -0.1) is 0 Å². The minimum absolute atomic E-state index is 0.126. The minimum atomic E-state index is -3.82. The van der Waals surface area contributed by atoms with Crippen molar-refractivity contribution in [2.75, 3.05) is 31.8 Å². The van der Waals surface area contributed by atoms with E-state index in [1.54, 1.807) is 26.0 Å². The Morgan fingerprint density at radius 3 is 2.46 bits per heavy atom. The standard InChI is InChI=1S/C19H31NO6S2/c1-13(2)26-8-6-7-20-16-11-27(21,22)12-19(16)28(23,24)18-10-14(3)17(25-5)9-15(18)4/h9-10,13,16,19-20H,6-8,11-12H2,1-5H3/t16-,19-/m0/s1. The predicted molar refractivity (Wildman–Crippen MR) is 110 cm³/mol. The van der Waals surface area contributed by atoms with Crippen LogP contribution in [0.25, 0.3) is 0 Å². The van der Waals surface area contributed by atoms with E-state index in [2.05, 4.69) is 5.32 Å². The fourth-order valence-electron chi connectivity index (χ4n) is 3.44. The summed E-state index contributed by atoms with van der Waals surface area (Å²) in [7, 11) is -5.72. The first-order valence-electron chi connectivity index (χ1n) is 9.42. The van der Waals surface area contributed by atoms with E-state index in [0.717, 1.165) is 0 Å². The molecule has 0 aromatic heterocycles. The van der Waals surface area contributed by atoms with E-state index >= 15 is 0 Å². The molecule has 1 aliphatic heterocycles. The highest BCUT2D eigenvalue weighted by molar-refractivity contribution is 7.96. The summed E-state index contributed by atoms with van der Waals surface area (Å²) >= 11 is 0. The van der Waals surface area contributed by atoms with Crippen molar-refractivity contribution < 1.29 is 26.3 Å². The van der Waals surface area contributed by atoms with Crippen LogP contribution in [0.4, 0.5) is 0 Å². The van der Waals surface area contributed by atoms with Gasteiger partial charge in [0.05, 0.1) is 34.9 Å². The van der Waals surface area contributed by atoms with Crippen molar-refractivity contribution in [1.29, 1.82) is 0 Å². The number of rotatable bonds is 9. The van der Waals surface area contributed by atoms with Crippen LogP contribution in [0.5, 0.6) is 5.75 Å². The molecule has 1 aromatic carbocycles. The Morgan fingerprint density at radius 2 is 1.86 bits per heavy atom. The second-order valence-electron chi connectivity index (χ2n) is 7.58. The molecule has 0 spiro atoms. The molecule has 0 radical (unpaired) electrons. The highest BCUT2D eigenvalue weighted by Crippen LogP contribution is 2.31. The third kappa shape index (κ3) is 5.46. The van der Waals surface area contributed by atoms with Gasteiger partial charge in [-0.3, -0.25) is 0 Å². The molecule has 1 aromatic rings. The molecule has 28 heavy (non-hydrogen) atoms. The number of hydrogen-bond acceptors (Lipinski definition) is 7. The fraction of sp³-hybridized carbons (Fsp3) is 0.684. The van der Waals surface area contributed by atoms with Gasteiger partial charge in [0, 0.05) is 12.6 Å². The van der Waals surface area contributed by atoms with Crippen molar-refractivity contribution in [3.05, 3.63) is 23.3 Å². The number of nitrogens with one attached hydrogen (secondary N) is 1. The largest absolute Gasteiger partial charge is 0.496 e. The van der Waals surface area contributed by atoms with Crippen molar-refractivity contribution in [2.45, 2.75) is 56.4 Å². The first-order chi connectivity index (χ1) is 13.0. The monoisotopic (exact) mass is 433 g/mol. The topological polar surface area (TPSA) is 98.8 Å². The van der Waals surface area contributed by atoms with Crippen molar-refractivity contribution in [2.24, 2.45) is 0 Å². The average molecular weight is 434 g/mol. The summed E-state index contributed by atoms with van der Waals surface area (Å²) in [5.74, 6) is 0.0752. The van der Waals surface area contributed by atoms with Crippen LogP contribution in [-0.2, 0) is 24.4 Å². The first-order valence-corrected chi connectivity index (χ1v) is 12.8. The Balaban J connectivity index is 2.23. The van der Waals surface area contributed by atoms with E-state index in [-0.39, 0.29) is 22.5 Å². The number of sulfone groups is 2. The van der Waals surface area contributed by atoms with Gasteiger partial charge in [-0.25, -0.2) is 16.8 Å². The molecule has 2 atom stereocenters. The second-order valence-corrected chi connectivity index (χ2v) is 11.9. The van der Waals surface area contributed by atoms with E-state index < -0.39 is 31.0 Å². The van der Waals surface area contributed by atoms with E-state index in [9.17, 15) is 16.8 Å². The summed E-state index contributed by atoms with van der Waals surface area (Å²) in [6.07, 6.45) is 0.809. The van der Waals surface area contributed by atoms with Crippen LogP contribution in [-0.4, -0.2) is 66.0 Å². The maximum Gasteiger partial charge on any atom is 0.184 e. The van der Waals surface area contributed by atoms with Crippen LogP contribution < -0.4 is 10.1 Å².